The highest BCUT2D eigenvalue weighted by Crippen LogP contribution is 2.31. The van der Waals surface area contributed by atoms with Gasteiger partial charge in [0.2, 0.25) is 5.95 Å². The summed E-state index contributed by atoms with van der Waals surface area (Å²) in [5.74, 6) is 2.39. The molecule has 110 valence electrons. The van der Waals surface area contributed by atoms with Crippen LogP contribution in [0.25, 0.3) is 11.0 Å². The van der Waals surface area contributed by atoms with Crippen LogP contribution in [0.1, 0.15) is 18.2 Å². The highest BCUT2D eigenvalue weighted by molar-refractivity contribution is 5.83. The first kappa shape index (κ1) is 13.6. The monoisotopic (exact) mass is 290 g/mol. The lowest BCUT2D eigenvalue weighted by Crippen LogP contribution is -2.24. The van der Waals surface area contributed by atoms with Crippen molar-refractivity contribution >= 4 is 17.0 Å². The van der Waals surface area contributed by atoms with E-state index in [1.807, 2.05) is 0 Å². The van der Waals surface area contributed by atoms with Crippen LogP contribution >= 0.6 is 0 Å². The molecule has 0 unspecified atom stereocenters. The normalized spacial score (nSPS) is 25.3. The van der Waals surface area contributed by atoms with Crippen molar-refractivity contribution in [2.24, 2.45) is 0 Å². The fraction of sp³-hybridized carbons (Fsp3) is 0.385. The number of aromatic amines is 1. The highest BCUT2D eigenvalue weighted by atomic mass is 16.5. The number of H-pyrrole nitrogens is 1. The van der Waals surface area contributed by atoms with E-state index in [1.165, 1.54) is 0 Å². The third-order valence-corrected chi connectivity index (χ3v) is 3.55. The van der Waals surface area contributed by atoms with Gasteiger partial charge >= 0.3 is 0 Å². The molecule has 0 saturated carbocycles. The second-order valence-electron chi connectivity index (χ2n) is 4.86. The lowest BCUT2D eigenvalue weighted by molar-refractivity contribution is -0.0430. The van der Waals surface area contributed by atoms with Crippen LogP contribution in [0.2, 0.25) is 0 Å². The van der Waals surface area contributed by atoms with Crippen LogP contribution in [-0.4, -0.2) is 43.6 Å². The summed E-state index contributed by atoms with van der Waals surface area (Å²) in [5.41, 5.74) is 5.79. The smallest absolute Gasteiger partial charge is 0.263 e. The van der Waals surface area contributed by atoms with Crippen molar-refractivity contribution in [2.75, 3.05) is 12.3 Å². The molecule has 0 bridgehead atoms. The summed E-state index contributed by atoms with van der Waals surface area (Å²) in [6.07, 6.45) is 5.17. The van der Waals surface area contributed by atoms with Crippen LogP contribution in [0.4, 0.5) is 5.95 Å². The van der Waals surface area contributed by atoms with Crippen molar-refractivity contribution < 1.29 is 14.9 Å². The molecule has 1 saturated heterocycles. The quantitative estimate of drug-likeness (QED) is 0.522. The van der Waals surface area contributed by atoms with Crippen LogP contribution < -0.4 is 11.3 Å². The molecule has 21 heavy (non-hydrogen) atoms. The second-order valence-corrected chi connectivity index (χ2v) is 4.86. The van der Waals surface area contributed by atoms with Gasteiger partial charge in [-0.1, -0.05) is 5.92 Å². The van der Waals surface area contributed by atoms with Gasteiger partial charge in [-0.05, 0) is 0 Å². The molecule has 3 rings (SSSR count). The molecule has 0 spiro atoms. The molecule has 1 fully saturated rings. The number of nitrogens with zero attached hydrogens (tertiary/aromatic N) is 2. The number of terminal acetylenes is 1. The van der Waals surface area contributed by atoms with Crippen molar-refractivity contribution in [3.05, 3.63) is 22.1 Å². The zero-order valence-electron chi connectivity index (χ0n) is 11.0. The number of fused-ring (bicyclic) bond motifs is 1. The summed E-state index contributed by atoms with van der Waals surface area (Å²) in [4.78, 5) is 18.5. The molecule has 0 radical (unpaired) electrons. The molecule has 0 amide bonds. The maximum Gasteiger partial charge on any atom is 0.263 e. The summed E-state index contributed by atoms with van der Waals surface area (Å²) in [5, 5.41) is 19.2. The number of aliphatic hydroxyl groups excluding tert-OH is 2. The number of nitrogens with two attached hydrogens (primary N) is 1. The number of aliphatic hydroxyl groups is 2. The second kappa shape index (κ2) is 4.89. The molecular weight excluding hydrogens is 276 g/mol. The lowest BCUT2D eigenvalue weighted by atomic mass is 10.2. The summed E-state index contributed by atoms with van der Waals surface area (Å²) >= 11 is 0. The molecule has 3 heterocycles. The van der Waals surface area contributed by atoms with Crippen LogP contribution in [0, 0.1) is 12.3 Å². The average Bonchev–Trinajstić information content (AvgIpc) is 2.98. The first-order valence-electron chi connectivity index (χ1n) is 6.36. The Morgan fingerprint density at radius 3 is 3.05 bits per heavy atom. The van der Waals surface area contributed by atoms with Crippen LogP contribution in [0.15, 0.2) is 11.0 Å². The van der Waals surface area contributed by atoms with Gasteiger partial charge in [0.15, 0.2) is 5.65 Å². The number of hydrogen-bond acceptors (Lipinski definition) is 6. The average molecular weight is 290 g/mol. The number of rotatable bonds is 2. The lowest BCUT2D eigenvalue weighted by Gasteiger charge is -2.14. The summed E-state index contributed by atoms with van der Waals surface area (Å²) in [7, 11) is 0. The van der Waals surface area contributed by atoms with E-state index >= 15 is 0 Å². The maximum absolute atomic E-state index is 12.0. The van der Waals surface area contributed by atoms with Crippen molar-refractivity contribution in [3.63, 3.8) is 0 Å². The minimum absolute atomic E-state index is 0.0346. The molecule has 1 aliphatic rings. The molecule has 8 heteroatoms. The van der Waals surface area contributed by atoms with Gasteiger partial charge in [-0.15, -0.1) is 6.42 Å². The largest absolute Gasteiger partial charge is 0.394 e. The molecular formula is C13H14N4O4. The SMILES string of the molecule is C#Cc1cn([C@H]2C[C@H](O)[C@@H](CO)O2)c2nc(N)[nH]c(=O)c12. The number of aromatic nitrogens is 3. The topological polar surface area (TPSA) is 126 Å². The first-order chi connectivity index (χ1) is 10.0. The van der Waals surface area contributed by atoms with Crippen molar-refractivity contribution in [1.82, 2.24) is 14.5 Å². The Morgan fingerprint density at radius 2 is 2.43 bits per heavy atom. The van der Waals surface area contributed by atoms with Crippen LogP contribution in [0.5, 0.6) is 0 Å². The van der Waals surface area contributed by atoms with Gasteiger partial charge < -0.3 is 25.3 Å². The predicted molar refractivity (Wildman–Crippen MR) is 74.3 cm³/mol. The molecule has 5 N–H and O–H groups in total. The summed E-state index contributed by atoms with van der Waals surface area (Å²) in [6, 6.07) is 0. The third-order valence-electron chi connectivity index (χ3n) is 3.55. The van der Waals surface area contributed by atoms with Gasteiger partial charge in [0.05, 0.1) is 23.7 Å². The van der Waals surface area contributed by atoms with Gasteiger partial charge in [0.25, 0.3) is 5.56 Å². The molecule has 1 aliphatic heterocycles. The van der Waals surface area contributed by atoms with Crippen molar-refractivity contribution in [3.8, 4) is 12.3 Å². The first-order valence-corrected chi connectivity index (χ1v) is 6.36. The highest BCUT2D eigenvalue weighted by Gasteiger charge is 2.35. The fourth-order valence-corrected chi connectivity index (χ4v) is 2.55. The molecule has 3 atom stereocenters. The number of hydrogen-bond donors (Lipinski definition) is 4. The maximum atomic E-state index is 12.0. The Kier molecular flexibility index (Phi) is 3.17. The Morgan fingerprint density at radius 1 is 1.67 bits per heavy atom. The summed E-state index contributed by atoms with van der Waals surface area (Å²) in [6.45, 7) is -0.297. The molecule has 8 nitrogen and oxygen atoms in total. The number of nitrogen functional groups attached to an aromatic ring is 1. The Hall–Kier alpha value is -2.34. The van der Waals surface area contributed by atoms with Gasteiger partial charge in [0.1, 0.15) is 12.3 Å². The predicted octanol–water partition coefficient (Wildman–Crippen LogP) is -1.07. The van der Waals surface area contributed by atoms with E-state index < -0.39 is 24.0 Å². The zero-order chi connectivity index (χ0) is 15.1. The van der Waals surface area contributed by atoms with Gasteiger partial charge in [-0.3, -0.25) is 9.78 Å². The van der Waals surface area contributed by atoms with E-state index in [4.69, 9.17) is 22.0 Å². The van der Waals surface area contributed by atoms with Crippen molar-refractivity contribution in [1.29, 1.82) is 0 Å². The third kappa shape index (κ3) is 2.08. The fourth-order valence-electron chi connectivity index (χ4n) is 2.55. The number of ether oxygens (including phenoxy) is 1. The molecule has 0 aromatic carbocycles. The number of nitrogens with one attached hydrogen (secondary N) is 1. The van der Waals surface area contributed by atoms with E-state index in [1.54, 1.807) is 10.8 Å². The van der Waals surface area contributed by atoms with E-state index in [0.717, 1.165) is 0 Å². The number of anilines is 1. The minimum Gasteiger partial charge on any atom is -0.394 e. The van der Waals surface area contributed by atoms with E-state index in [0.29, 0.717) is 11.2 Å². The van der Waals surface area contributed by atoms with Crippen molar-refractivity contribution in [2.45, 2.75) is 24.9 Å². The van der Waals surface area contributed by atoms with E-state index in [9.17, 15) is 9.90 Å². The van der Waals surface area contributed by atoms with E-state index in [-0.39, 0.29) is 24.4 Å². The Labute approximate surface area is 119 Å². The Balaban J connectivity index is 2.16. The Bertz CT molecular complexity index is 788. The minimum atomic E-state index is -0.800. The van der Waals surface area contributed by atoms with Gasteiger partial charge in [-0.25, -0.2) is 0 Å². The molecule has 0 aliphatic carbocycles. The van der Waals surface area contributed by atoms with Crippen LogP contribution in [-0.2, 0) is 4.74 Å². The molecule has 2 aromatic heterocycles. The van der Waals surface area contributed by atoms with E-state index in [2.05, 4.69) is 15.9 Å². The summed E-state index contributed by atoms with van der Waals surface area (Å²) < 4.78 is 7.12. The molecule has 2 aromatic rings. The zero-order valence-corrected chi connectivity index (χ0v) is 11.0. The van der Waals surface area contributed by atoms with Gasteiger partial charge in [0, 0.05) is 12.6 Å². The van der Waals surface area contributed by atoms with Crippen LogP contribution in [0.3, 0.4) is 0 Å². The standard InChI is InChI=1S/C13H14N4O4/c1-2-6-4-17(9-3-7(19)8(5-18)21-9)11-10(6)12(20)16-13(14)15-11/h1,4,7-9,18-19H,3,5H2,(H3,14,15,16,20)/t7-,8+,9+/m0/s1. The van der Waals surface area contributed by atoms with Gasteiger partial charge in [-0.2, -0.15) is 4.98 Å².